The lowest BCUT2D eigenvalue weighted by molar-refractivity contribution is -0.121. The molecule has 0 saturated carbocycles. The normalized spacial score (nSPS) is 12.2. The van der Waals surface area contributed by atoms with Gasteiger partial charge in [-0.3, -0.25) is 4.79 Å². The van der Waals surface area contributed by atoms with E-state index in [1.54, 1.807) is 18.2 Å². The predicted molar refractivity (Wildman–Crippen MR) is 61.1 cm³/mol. The Morgan fingerprint density at radius 1 is 1.50 bits per heavy atom. The number of hydrogen-bond acceptors (Lipinski definition) is 2. The van der Waals surface area contributed by atoms with Crippen molar-refractivity contribution in [1.82, 2.24) is 5.32 Å². The van der Waals surface area contributed by atoms with Crippen molar-refractivity contribution in [3.05, 3.63) is 35.6 Å². The van der Waals surface area contributed by atoms with Crippen molar-refractivity contribution in [3.8, 4) is 0 Å². The van der Waals surface area contributed by atoms with Crippen LogP contribution in [0.4, 0.5) is 4.39 Å². The highest BCUT2D eigenvalue weighted by Crippen LogP contribution is 2.05. The summed E-state index contributed by atoms with van der Waals surface area (Å²) in [5.74, 6) is -0.444. The minimum absolute atomic E-state index is 0.124. The zero-order valence-electron chi connectivity index (χ0n) is 9.37. The van der Waals surface area contributed by atoms with Crippen LogP contribution in [-0.2, 0) is 11.3 Å². The van der Waals surface area contributed by atoms with Gasteiger partial charge in [-0.1, -0.05) is 25.1 Å². The first kappa shape index (κ1) is 12.6. The van der Waals surface area contributed by atoms with E-state index in [4.69, 9.17) is 5.73 Å². The summed E-state index contributed by atoms with van der Waals surface area (Å²) >= 11 is 0. The second-order valence-corrected chi connectivity index (χ2v) is 3.74. The minimum Gasteiger partial charge on any atom is -0.352 e. The van der Waals surface area contributed by atoms with Crippen molar-refractivity contribution < 1.29 is 9.18 Å². The molecular formula is C12H17FN2O. The van der Waals surface area contributed by atoms with E-state index in [0.29, 0.717) is 5.56 Å². The Balaban J connectivity index is 2.40. The lowest BCUT2D eigenvalue weighted by Gasteiger charge is -2.09. The van der Waals surface area contributed by atoms with Crippen molar-refractivity contribution >= 4 is 5.91 Å². The number of carbonyl (C=O) groups is 1. The van der Waals surface area contributed by atoms with Crippen LogP contribution in [0.15, 0.2) is 24.3 Å². The van der Waals surface area contributed by atoms with E-state index in [2.05, 4.69) is 5.32 Å². The first-order valence-corrected chi connectivity index (χ1v) is 5.39. The van der Waals surface area contributed by atoms with Crippen molar-refractivity contribution in [1.29, 1.82) is 0 Å². The number of nitrogens with one attached hydrogen (secondary N) is 1. The molecule has 1 amide bonds. The highest BCUT2D eigenvalue weighted by atomic mass is 19.1. The number of nitrogens with two attached hydrogens (primary N) is 1. The van der Waals surface area contributed by atoms with Gasteiger partial charge in [-0.25, -0.2) is 4.39 Å². The van der Waals surface area contributed by atoms with Crippen LogP contribution in [0, 0.1) is 5.82 Å². The molecule has 0 saturated heterocycles. The second kappa shape index (κ2) is 6.23. The predicted octanol–water partition coefficient (Wildman–Crippen LogP) is 1.57. The maximum absolute atomic E-state index is 13.2. The highest BCUT2D eigenvalue weighted by Gasteiger charge is 2.08. The third-order valence-corrected chi connectivity index (χ3v) is 2.41. The van der Waals surface area contributed by atoms with Gasteiger partial charge in [-0.05, 0) is 12.5 Å². The summed E-state index contributed by atoms with van der Waals surface area (Å²) < 4.78 is 13.2. The van der Waals surface area contributed by atoms with Crippen molar-refractivity contribution in [2.75, 3.05) is 0 Å². The van der Waals surface area contributed by atoms with Crippen LogP contribution in [-0.4, -0.2) is 11.9 Å². The topological polar surface area (TPSA) is 55.1 Å². The third kappa shape index (κ3) is 3.98. The Bertz CT molecular complexity index is 355. The van der Waals surface area contributed by atoms with Gasteiger partial charge in [0.05, 0.1) is 0 Å². The number of amides is 1. The molecule has 1 atom stereocenters. The Hall–Kier alpha value is -1.42. The molecule has 0 aliphatic rings. The third-order valence-electron chi connectivity index (χ3n) is 2.41. The molecule has 0 aliphatic heterocycles. The first-order chi connectivity index (χ1) is 7.63. The van der Waals surface area contributed by atoms with E-state index >= 15 is 0 Å². The zero-order valence-corrected chi connectivity index (χ0v) is 9.37. The van der Waals surface area contributed by atoms with Crippen LogP contribution < -0.4 is 11.1 Å². The fourth-order valence-corrected chi connectivity index (χ4v) is 1.29. The maximum Gasteiger partial charge on any atom is 0.221 e. The number of rotatable bonds is 5. The van der Waals surface area contributed by atoms with Crippen molar-refractivity contribution in [2.45, 2.75) is 32.4 Å². The summed E-state index contributed by atoms with van der Waals surface area (Å²) in [5.41, 5.74) is 6.12. The lowest BCUT2D eigenvalue weighted by atomic mass is 10.1. The molecule has 16 heavy (non-hydrogen) atoms. The number of carbonyl (C=O) groups excluding carboxylic acids is 1. The number of halogens is 1. The molecule has 0 spiro atoms. The molecule has 0 bridgehead atoms. The van der Waals surface area contributed by atoms with Gasteiger partial charge in [0.1, 0.15) is 5.82 Å². The quantitative estimate of drug-likeness (QED) is 0.797. The zero-order chi connectivity index (χ0) is 12.0. The van der Waals surface area contributed by atoms with Crippen molar-refractivity contribution in [2.24, 2.45) is 5.73 Å². The molecule has 0 heterocycles. The van der Waals surface area contributed by atoms with E-state index < -0.39 is 0 Å². The molecule has 1 aromatic carbocycles. The van der Waals surface area contributed by atoms with Crippen LogP contribution in [0.25, 0.3) is 0 Å². The second-order valence-electron chi connectivity index (χ2n) is 3.74. The van der Waals surface area contributed by atoms with Crippen LogP contribution in [0.3, 0.4) is 0 Å². The van der Waals surface area contributed by atoms with Gasteiger partial charge >= 0.3 is 0 Å². The van der Waals surface area contributed by atoms with E-state index in [0.717, 1.165) is 6.42 Å². The fourth-order valence-electron chi connectivity index (χ4n) is 1.29. The number of benzene rings is 1. The molecule has 0 aromatic heterocycles. The van der Waals surface area contributed by atoms with Crippen molar-refractivity contribution in [3.63, 3.8) is 0 Å². The Morgan fingerprint density at radius 2 is 2.19 bits per heavy atom. The summed E-state index contributed by atoms with van der Waals surface area (Å²) in [6.07, 6.45) is 1.04. The SMILES string of the molecule is CCC(N)CC(=O)NCc1ccccc1F. The van der Waals surface area contributed by atoms with E-state index in [-0.39, 0.29) is 30.7 Å². The van der Waals surface area contributed by atoms with Gasteiger partial charge in [-0.2, -0.15) is 0 Å². The molecule has 1 rings (SSSR count). The Labute approximate surface area is 94.8 Å². The summed E-state index contributed by atoms with van der Waals surface area (Å²) in [7, 11) is 0. The van der Waals surface area contributed by atoms with Gasteiger partial charge in [0.25, 0.3) is 0 Å². The van der Waals surface area contributed by atoms with Gasteiger partial charge < -0.3 is 11.1 Å². The van der Waals surface area contributed by atoms with Crippen LogP contribution in [0.2, 0.25) is 0 Å². The molecular weight excluding hydrogens is 207 g/mol. The molecule has 0 radical (unpaired) electrons. The molecule has 3 N–H and O–H groups in total. The monoisotopic (exact) mass is 224 g/mol. The van der Waals surface area contributed by atoms with E-state index in [9.17, 15) is 9.18 Å². The summed E-state index contributed by atoms with van der Waals surface area (Å²) in [5, 5.41) is 2.65. The van der Waals surface area contributed by atoms with Crippen LogP contribution >= 0.6 is 0 Å². The van der Waals surface area contributed by atoms with Crippen LogP contribution in [0.5, 0.6) is 0 Å². The minimum atomic E-state index is -0.303. The van der Waals surface area contributed by atoms with Gasteiger partial charge in [0, 0.05) is 24.6 Å². The van der Waals surface area contributed by atoms with Crippen LogP contribution in [0.1, 0.15) is 25.3 Å². The molecule has 0 fully saturated rings. The molecule has 4 heteroatoms. The standard InChI is InChI=1S/C12H17FN2O/c1-2-10(14)7-12(16)15-8-9-5-3-4-6-11(9)13/h3-6,10H,2,7-8,14H2,1H3,(H,15,16). The average molecular weight is 224 g/mol. The molecule has 88 valence electrons. The largest absolute Gasteiger partial charge is 0.352 e. The highest BCUT2D eigenvalue weighted by molar-refractivity contribution is 5.76. The summed E-state index contributed by atoms with van der Waals surface area (Å²) in [6.45, 7) is 2.14. The smallest absolute Gasteiger partial charge is 0.221 e. The van der Waals surface area contributed by atoms with Gasteiger partial charge in [-0.15, -0.1) is 0 Å². The van der Waals surface area contributed by atoms with E-state index in [1.807, 2.05) is 6.92 Å². The van der Waals surface area contributed by atoms with E-state index in [1.165, 1.54) is 6.07 Å². The molecule has 1 aromatic rings. The Morgan fingerprint density at radius 3 is 2.81 bits per heavy atom. The first-order valence-electron chi connectivity index (χ1n) is 5.39. The average Bonchev–Trinajstić information content (AvgIpc) is 2.28. The molecule has 3 nitrogen and oxygen atoms in total. The molecule has 0 aliphatic carbocycles. The summed E-state index contributed by atoms with van der Waals surface area (Å²) in [4.78, 5) is 11.4. The maximum atomic E-state index is 13.2. The van der Waals surface area contributed by atoms with Gasteiger partial charge in [0.15, 0.2) is 0 Å². The lowest BCUT2D eigenvalue weighted by Crippen LogP contribution is -2.31. The molecule has 1 unspecified atom stereocenters. The fraction of sp³-hybridized carbons (Fsp3) is 0.417. The van der Waals surface area contributed by atoms with Gasteiger partial charge in [0.2, 0.25) is 5.91 Å². The Kier molecular flexibility index (Phi) is 4.92. The summed E-state index contributed by atoms with van der Waals surface area (Å²) in [6, 6.07) is 6.26. The number of hydrogen-bond donors (Lipinski definition) is 2.